The molecule has 2 N–H and O–H groups in total. The Morgan fingerprint density at radius 1 is 1.32 bits per heavy atom. The Kier molecular flexibility index (Phi) is 3.45. The van der Waals surface area contributed by atoms with Gasteiger partial charge in [0.05, 0.1) is 11.5 Å². The van der Waals surface area contributed by atoms with Crippen LogP contribution in [0.5, 0.6) is 0 Å². The molecule has 1 saturated carbocycles. The lowest BCUT2D eigenvalue weighted by atomic mass is 9.63. The number of aryl methyl sites for hydroxylation is 1. The zero-order valence-electron chi connectivity index (χ0n) is 12.5. The molecule has 2 nitrogen and oxygen atoms in total. The number of nitriles is 1. The van der Waals surface area contributed by atoms with E-state index in [9.17, 15) is 5.26 Å². The summed E-state index contributed by atoms with van der Waals surface area (Å²) < 4.78 is 0. The molecule has 0 aromatic heterocycles. The van der Waals surface area contributed by atoms with Crippen molar-refractivity contribution in [1.82, 2.24) is 0 Å². The topological polar surface area (TPSA) is 49.8 Å². The first kappa shape index (κ1) is 14.1. The standard InChI is InChI=1S/C17H24N2/c1-12-6-7-13(16(2,3)4)10-14(12)15(19)17(11-18)8-5-9-17/h6-7,10,15H,5,8-9,19H2,1-4H3. The highest BCUT2D eigenvalue weighted by Crippen LogP contribution is 2.49. The maximum absolute atomic E-state index is 9.46. The van der Waals surface area contributed by atoms with Gasteiger partial charge in [0, 0.05) is 6.04 Å². The van der Waals surface area contributed by atoms with Crippen LogP contribution in [0, 0.1) is 23.7 Å². The quantitative estimate of drug-likeness (QED) is 0.870. The van der Waals surface area contributed by atoms with Crippen LogP contribution in [0.1, 0.15) is 62.8 Å². The van der Waals surface area contributed by atoms with Crippen LogP contribution < -0.4 is 5.73 Å². The van der Waals surface area contributed by atoms with Crippen molar-refractivity contribution in [1.29, 1.82) is 5.26 Å². The molecule has 1 unspecified atom stereocenters. The van der Waals surface area contributed by atoms with Crippen LogP contribution in [0.25, 0.3) is 0 Å². The van der Waals surface area contributed by atoms with Crippen molar-refractivity contribution in [2.24, 2.45) is 11.1 Å². The molecule has 0 bridgehead atoms. The highest BCUT2D eigenvalue weighted by atomic mass is 14.7. The summed E-state index contributed by atoms with van der Waals surface area (Å²) in [6.45, 7) is 8.70. The maximum Gasteiger partial charge on any atom is 0.0766 e. The average molecular weight is 256 g/mol. The van der Waals surface area contributed by atoms with Crippen molar-refractivity contribution in [3.05, 3.63) is 34.9 Å². The summed E-state index contributed by atoms with van der Waals surface area (Å²) in [5, 5.41) is 9.46. The molecule has 19 heavy (non-hydrogen) atoms. The Morgan fingerprint density at radius 3 is 2.37 bits per heavy atom. The Balaban J connectivity index is 2.42. The van der Waals surface area contributed by atoms with Crippen molar-refractivity contribution in [3.63, 3.8) is 0 Å². The lowest BCUT2D eigenvalue weighted by Gasteiger charge is -2.41. The summed E-state index contributed by atoms with van der Waals surface area (Å²) in [7, 11) is 0. The van der Waals surface area contributed by atoms with E-state index in [1.807, 2.05) is 0 Å². The highest BCUT2D eigenvalue weighted by Gasteiger charge is 2.44. The van der Waals surface area contributed by atoms with Gasteiger partial charge in [-0.25, -0.2) is 0 Å². The first-order chi connectivity index (χ1) is 8.80. The van der Waals surface area contributed by atoms with Gasteiger partial charge in [0.15, 0.2) is 0 Å². The fourth-order valence-electron chi connectivity index (χ4n) is 2.79. The summed E-state index contributed by atoms with van der Waals surface area (Å²) in [4.78, 5) is 0. The minimum Gasteiger partial charge on any atom is -0.323 e. The minimum atomic E-state index is -0.332. The van der Waals surface area contributed by atoms with Crippen molar-refractivity contribution < 1.29 is 0 Å². The van der Waals surface area contributed by atoms with Crippen LogP contribution in [0.2, 0.25) is 0 Å². The molecule has 1 fully saturated rings. The number of nitrogens with zero attached hydrogens (tertiary/aromatic N) is 1. The van der Waals surface area contributed by atoms with Crippen LogP contribution in [0.3, 0.4) is 0 Å². The van der Waals surface area contributed by atoms with Crippen molar-refractivity contribution in [2.45, 2.75) is 58.4 Å². The van der Waals surface area contributed by atoms with E-state index >= 15 is 0 Å². The first-order valence-corrected chi connectivity index (χ1v) is 7.08. The van der Waals surface area contributed by atoms with E-state index in [4.69, 9.17) is 5.73 Å². The van der Waals surface area contributed by atoms with Gasteiger partial charge in [0.25, 0.3) is 0 Å². The number of nitrogens with two attached hydrogens (primary N) is 1. The minimum absolute atomic E-state index is 0.113. The number of hydrogen-bond donors (Lipinski definition) is 1. The smallest absolute Gasteiger partial charge is 0.0766 e. The summed E-state index contributed by atoms with van der Waals surface area (Å²) in [6.07, 6.45) is 2.99. The molecule has 2 heteroatoms. The van der Waals surface area contributed by atoms with Crippen LogP contribution in [0.15, 0.2) is 18.2 Å². The lowest BCUT2D eigenvalue weighted by Crippen LogP contribution is -2.39. The van der Waals surface area contributed by atoms with Gasteiger partial charge in [-0.3, -0.25) is 0 Å². The van der Waals surface area contributed by atoms with Crippen molar-refractivity contribution in [3.8, 4) is 6.07 Å². The monoisotopic (exact) mass is 256 g/mol. The van der Waals surface area contributed by atoms with Gasteiger partial charge in [0.1, 0.15) is 0 Å². The molecule has 2 rings (SSSR count). The number of hydrogen-bond acceptors (Lipinski definition) is 2. The average Bonchev–Trinajstić information content (AvgIpc) is 2.27. The predicted molar refractivity (Wildman–Crippen MR) is 78.7 cm³/mol. The summed E-state index contributed by atoms with van der Waals surface area (Å²) >= 11 is 0. The molecule has 0 aliphatic heterocycles. The Morgan fingerprint density at radius 2 is 1.95 bits per heavy atom. The molecule has 0 radical (unpaired) electrons. The number of benzene rings is 1. The second kappa shape index (κ2) is 4.65. The van der Waals surface area contributed by atoms with Crippen LogP contribution in [-0.4, -0.2) is 0 Å². The van der Waals surface area contributed by atoms with Crippen LogP contribution in [0.4, 0.5) is 0 Å². The molecule has 0 saturated heterocycles. The normalized spacial score (nSPS) is 19.4. The zero-order valence-corrected chi connectivity index (χ0v) is 12.5. The van der Waals surface area contributed by atoms with Gasteiger partial charge in [-0.2, -0.15) is 5.26 Å². The van der Waals surface area contributed by atoms with E-state index in [2.05, 4.69) is 52.0 Å². The Bertz CT molecular complexity index is 513. The van der Waals surface area contributed by atoms with Gasteiger partial charge in [-0.15, -0.1) is 0 Å². The van der Waals surface area contributed by atoms with E-state index in [1.54, 1.807) is 0 Å². The fraction of sp³-hybridized carbons (Fsp3) is 0.588. The third-order valence-corrected chi connectivity index (χ3v) is 4.54. The van der Waals surface area contributed by atoms with E-state index in [0.717, 1.165) is 24.8 Å². The Hall–Kier alpha value is -1.33. The zero-order chi connectivity index (χ0) is 14.3. The molecule has 102 valence electrons. The molecular weight excluding hydrogens is 232 g/mol. The van der Waals surface area contributed by atoms with Gasteiger partial charge in [-0.05, 0) is 41.9 Å². The first-order valence-electron chi connectivity index (χ1n) is 7.08. The second-order valence-electron chi connectivity index (χ2n) is 6.92. The SMILES string of the molecule is Cc1ccc(C(C)(C)C)cc1C(N)C1(C#N)CCC1. The molecule has 0 amide bonds. The maximum atomic E-state index is 9.46. The largest absolute Gasteiger partial charge is 0.323 e. The predicted octanol–water partition coefficient (Wildman–Crippen LogP) is 3.99. The molecule has 1 aliphatic rings. The Labute approximate surface area is 116 Å². The van der Waals surface area contributed by atoms with Crippen LogP contribution >= 0.6 is 0 Å². The van der Waals surface area contributed by atoms with Gasteiger partial charge in [0.2, 0.25) is 0 Å². The van der Waals surface area contributed by atoms with E-state index in [-0.39, 0.29) is 16.9 Å². The van der Waals surface area contributed by atoms with Crippen LogP contribution in [-0.2, 0) is 5.41 Å². The molecule has 1 aromatic rings. The highest BCUT2D eigenvalue weighted by molar-refractivity contribution is 5.38. The van der Waals surface area contributed by atoms with Gasteiger partial charge < -0.3 is 5.73 Å². The summed E-state index contributed by atoms with van der Waals surface area (Å²) in [6, 6.07) is 8.83. The van der Waals surface area contributed by atoms with E-state index in [0.29, 0.717) is 0 Å². The molecule has 1 atom stereocenters. The fourth-order valence-corrected chi connectivity index (χ4v) is 2.79. The molecular formula is C17H24N2. The van der Waals surface area contributed by atoms with E-state index in [1.165, 1.54) is 11.1 Å². The lowest BCUT2D eigenvalue weighted by molar-refractivity contribution is 0.168. The van der Waals surface area contributed by atoms with Gasteiger partial charge >= 0.3 is 0 Å². The van der Waals surface area contributed by atoms with Gasteiger partial charge in [-0.1, -0.05) is 45.4 Å². The summed E-state index contributed by atoms with van der Waals surface area (Å²) in [5.74, 6) is 0. The molecule has 1 aromatic carbocycles. The van der Waals surface area contributed by atoms with Crippen molar-refractivity contribution in [2.75, 3.05) is 0 Å². The molecule has 0 spiro atoms. The van der Waals surface area contributed by atoms with E-state index < -0.39 is 0 Å². The third-order valence-electron chi connectivity index (χ3n) is 4.54. The molecule has 1 aliphatic carbocycles. The van der Waals surface area contributed by atoms with Crippen molar-refractivity contribution >= 4 is 0 Å². The number of rotatable bonds is 2. The molecule has 0 heterocycles. The third kappa shape index (κ3) is 2.40. The summed E-state index contributed by atoms with van der Waals surface area (Å²) in [5.41, 5.74) is 9.85. The second-order valence-corrected chi connectivity index (χ2v) is 6.92.